The zero-order valence-electron chi connectivity index (χ0n) is 18.6. The van der Waals surface area contributed by atoms with Crippen LogP contribution in [0.15, 0.2) is 78.9 Å². The van der Waals surface area contributed by atoms with Crippen molar-refractivity contribution in [2.45, 2.75) is 26.1 Å². The summed E-state index contributed by atoms with van der Waals surface area (Å²) < 4.78 is 10.5. The molecule has 0 spiro atoms. The first-order valence-corrected chi connectivity index (χ1v) is 10.4. The van der Waals surface area contributed by atoms with Crippen molar-refractivity contribution in [2.24, 2.45) is 0 Å². The van der Waals surface area contributed by atoms with Gasteiger partial charge in [-0.05, 0) is 50.2 Å². The molecule has 1 amide bonds. The van der Waals surface area contributed by atoms with Gasteiger partial charge in [-0.1, -0.05) is 53.6 Å². The molecule has 2 N–H and O–H groups in total. The van der Waals surface area contributed by atoms with E-state index in [1.165, 1.54) is 24.3 Å². The number of para-hydroxylation sites is 1. The molecule has 0 unspecified atom stereocenters. The summed E-state index contributed by atoms with van der Waals surface area (Å²) in [4.78, 5) is 50.5. The Morgan fingerprint density at radius 2 is 1.21 bits per heavy atom. The molecule has 3 aromatic rings. The van der Waals surface area contributed by atoms with Crippen LogP contribution >= 0.6 is 0 Å². The van der Waals surface area contributed by atoms with Gasteiger partial charge in [-0.15, -0.1) is 0 Å². The molecule has 0 fully saturated rings. The lowest BCUT2D eigenvalue weighted by Crippen LogP contribution is -2.48. The first-order valence-electron chi connectivity index (χ1n) is 10.4. The van der Waals surface area contributed by atoms with Gasteiger partial charge < -0.3 is 19.9 Å². The normalized spacial score (nSPS) is 12.2. The number of hydrogen-bond acceptors (Lipinski definition) is 6. The highest BCUT2D eigenvalue weighted by Crippen LogP contribution is 2.17. The van der Waals surface area contributed by atoms with Crippen molar-refractivity contribution in [1.82, 2.24) is 0 Å². The van der Waals surface area contributed by atoms with Crippen molar-refractivity contribution in [3.05, 3.63) is 101 Å². The summed E-state index contributed by atoms with van der Waals surface area (Å²) >= 11 is 0. The fraction of sp³-hybridized carbons (Fsp3) is 0.154. The van der Waals surface area contributed by atoms with E-state index in [-0.39, 0.29) is 11.1 Å². The molecule has 0 aliphatic heterocycles. The van der Waals surface area contributed by atoms with Crippen molar-refractivity contribution in [3.63, 3.8) is 0 Å². The smallest absolute Gasteiger partial charge is 0.349 e. The second-order valence-corrected chi connectivity index (χ2v) is 7.58. The largest absolute Gasteiger partial charge is 0.478 e. The number of carbonyl (C=O) groups excluding carboxylic acids is 3. The van der Waals surface area contributed by atoms with E-state index >= 15 is 0 Å². The fourth-order valence-electron chi connectivity index (χ4n) is 3.14. The summed E-state index contributed by atoms with van der Waals surface area (Å²) in [6, 6.07) is 20.9. The van der Waals surface area contributed by atoms with Gasteiger partial charge in [0.15, 0.2) is 0 Å². The summed E-state index contributed by atoms with van der Waals surface area (Å²) in [5.74, 6) is -4.52. The number of benzene rings is 3. The van der Waals surface area contributed by atoms with E-state index in [1.807, 2.05) is 0 Å². The van der Waals surface area contributed by atoms with Gasteiger partial charge in [0.1, 0.15) is 0 Å². The zero-order chi connectivity index (χ0) is 24.7. The second-order valence-electron chi connectivity index (χ2n) is 7.58. The van der Waals surface area contributed by atoms with Crippen molar-refractivity contribution < 1.29 is 33.8 Å². The van der Waals surface area contributed by atoms with Gasteiger partial charge in [-0.25, -0.2) is 14.4 Å². The van der Waals surface area contributed by atoms with E-state index in [2.05, 4.69) is 5.32 Å². The molecule has 0 aliphatic rings. The second kappa shape index (κ2) is 10.9. The van der Waals surface area contributed by atoms with Crippen molar-refractivity contribution >= 4 is 29.5 Å². The van der Waals surface area contributed by atoms with Crippen LogP contribution in [0.2, 0.25) is 0 Å². The van der Waals surface area contributed by atoms with Crippen LogP contribution in [0.1, 0.15) is 31.8 Å². The van der Waals surface area contributed by atoms with E-state index in [0.717, 1.165) is 11.1 Å². The lowest BCUT2D eigenvalue weighted by atomic mass is 10.1. The molecule has 3 rings (SSSR count). The van der Waals surface area contributed by atoms with Crippen LogP contribution in [0.25, 0.3) is 0 Å². The Hall–Kier alpha value is -4.46. The first kappa shape index (κ1) is 24.2. The Labute approximate surface area is 196 Å². The Kier molecular flexibility index (Phi) is 7.76. The molecule has 0 radical (unpaired) electrons. The van der Waals surface area contributed by atoms with Crippen molar-refractivity contribution in [3.8, 4) is 0 Å². The van der Waals surface area contributed by atoms with E-state index in [1.54, 1.807) is 68.4 Å². The lowest BCUT2D eigenvalue weighted by Gasteiger charge is -2.23. The van der Waals surface area contributed by atoms with Crippen LogP contribution in [0.3, 0.4) is 0 Å². The molecule has 0 bridgehead atoms. The molecule has 0 saturated carbocycles. The Morgan fingerprint density at radius 3 is 1.68 bits per heavy atom. The third kappa shape index (κ3) is 6.29. The van der Waals surface area contributed by atoms with E-state index in [4.69, 9.17) is 9.47 Å². The fourth-order valence-corrected chi connectivity index (χ4v) is 3.14. The minimum Gasteiger partial charge on any atom is -0.478 e. The molecule has 3 aromatic carbocycles. The molecule has 0 saturated heterocycles. The standard InChI is InChI=1S/C26H23NO7/c1-16-8-6-10-18(14-16)25(31)33-21(23(28)27-20-12-4-3-5-13-20)22(24(29)30)34-26(32)19-11-7-9-17(2)15-19/h3-15,21-22H,1-2H3,(H,27,28)(H,29,30)/t21-,22+/m1/s1. The maximum atomic E-state index is 13.0. The number of carboxylic acid groups (broad SMARTS) is 1. The third-order valence-electron chi connectivity index (χ3n) is 4.79. The van der Waals surface area contributed by atoms with Crippen LogP contribution in [-0.4, -0.2) is 41.1 Å². The topological polar surface area (TPSA) is 119 Å². The number of carbonyl (C=O) groups is 4. The number of aryl methyl sites for hydroxylation is 2. The van der Waals surface area contributed by atoms with Crippen LogP contribution in [0.5, 0.6) is 0 Å². The average Bonchev–Trinajstić information content (AvgIpc) is 2.81. The maximum absolute atomic E-state index is 13.0. The highest BCUT2D eigenvalue weighted by Gasteiger charge is 2.41. The van der Waals surface area contributed by atoms with Crippen molar-refractivity contribution in [2.75, 3.05) is 5.32 Å². The predicted molar refractivity (Wildman–Crippen MR) is 123 cm³/mol. The number of hydrogen-bond donors (Lipinski definition) is 2. The van der Waals surface area contributed by atoms with Gasteiger partial charge >= 0.3 is 17.9 Å². The molecule has 0 aromatic heterocycles. The van der Waals surface area contributed by atoms with Gasteiger partial charge in [0.25, 0.3) is 5.91 Å². The van der Waals surface area contributed by atoms with Crippen LogP contribution in [-0.2, 0) is 19.1 Å². The Bertz CT molecular complexity index is 1210. The van der Waals surface area contributed by atoms with Crippen molar-refractivity contribution in [1.29, 1.82) is 0 Å². The third-order valence-corrected chi connectivity index (χ3v) is 4.79. The summed E-state index contributed by atoms with van der Waals surface area (Å²) in [6.45, 7) is 3.52. The van der Waals surface area contributed by atoms with Crippen LogP contribution < -0.4 is 5.32 Å². The van der Waals surface area contributed by atoms with Gasteiger partial charge in [0.2, 0.25) is 12.2 Å². The predicted octanol–water partition coefficient (Wildman–Crippen LogP) is 3.78. The summed E-state index contributed by atoms with van der Waals surface area (Å²) in [7, 11) is 0. The molecule has 0 heterocycles. The number of carboxylic acids is 1. The molecule has 8 heteroatoms. The summed E-state index contributed by atoms with van der Waals surface area (Å²) in [6.07, 6.45) is -4.05. The number of esters is 2. The summed E-state index contributed by atoms with van der Waals surface area (Å²) in [5, 5.41) is 12.3. The molecule has 0 aliphatic carbocycles. The SMILES string of the molecule is Cc1cccc(C(=O)O[C@H](C(=O)O)[C@@H](OC(=O)c2cccc(C)c2)C(=O)Nc2ccccc2)c1. The summed E-state index contributed by atoms with van der Waals surface area (Å²) in [5.41, 5.74) is 2.08. The number of anilines is 1. The van der Waals surface area contributed by atoms with E-state index in [9.17, 15) is 24.3 Å². The number of rotatable bonds is 8. The quantitative estimate of drug-likeness (QED) is 0.490. The zero-order valence-corrected chi connectivity index (χ0v) is 18.6. The highest BCUT2D eigenvalue weighted by atomic mass is 16.6. The van der Waals surface area contributed by atoms with Crippen LogP contribution in [0, 0.1) is 13.8 Å². The number of ether oxygens (including phenoxy) is 2. The van der Waals surface area contributed by atoms with Gasteiger partial charge in [-0.3, -0.25) is 4.79 Å². The minimum absolute atomic E-state index is 0.0958. The lowest BCUT2D eigenvalue weighted by molar-refractivity contribution is -0.157. The molecular weight excluding hydrogens is 438 g/mol. The van der Waals surface area contributed by atoms with Gasteiger partial charge in [-0.2, -0.15) is 0 Å². The minimum atomic E-state index is -2.09. The molecule has 174 valence electrons. The van der Waals surface area contributed by atoms with E-state index < -0.39 is 36.0 Å². The maximum Gasteiger partial charge on any atom is 0.349 e. The Morgan fingerprint density at radius 1 is 0.706 bits per heavy atom. The monoisotopic (exact) mass is 461 g/mol. The van der Waals surface area contributed by atoms with E-state index in [0.29, 0.717) is 5.69 Å². The molecule has 8 nitrogen and oxygen atoms in total. The molecule has 34 heavy (non-hydrogen) atoms. The first-order chi connectivity index (χ1) is 16.2. The van der Waals surface area contributed by atoms with Gasteiger partial charge in [0.05, 0.1) is 11.1 Å². The van der Waals surface area contributed by atoms with Crippen LogP contribution in [0.4, 0.5) is 5.69 Å². The molecular formula is C26H23NO7. The number of aliphatic carboxylic acids is 1. The average molecular weight is 461 g/mol. The number of amides is 1. The van der Waals surface area contributed by atoms with Gasteiger partial charge in [0, 0.05) is 5.69 Å². The highest BCUT2D eigenvalue weighted by molar-refractivity contribution is 6.01. The number of nitrogens with one attached hydrogen (secondary N) is 1. The molecule has 2 atom stereocenters. The Balaban J connectivity index is 1.91.